The molecule has 1 amide bonds. The Morgan fingerprint density at radius 1 is 1.42 bits per heavy atom. The van der Waals surface area contributed by atoms with E-state index in [0.29, 0.717) is 32.1 Å². The Kier molecular flexibility index (Phi) is 6.93. The highest BCUT2D eigenvalue weighted by molar-refractivity contribution is 7.99. The highest BCUT2D eigenvalue weighted by Crippen LogP contribution is 2.27. The van der Waals surface area contributed by atoms with E-state index in [4.69, 9.17) is 9.47 Å². The molecule has 0 N–H and O–H groups in total. The van der Waals surface area contributed by atoms with Crippen LogP contribution in [-0.4, -0.2) is 54.0 Å². The van der Waals surface area contributed by atoms with Crippen molar-refractivity contribution in [2.24, 2.45) is 0 Å². The Hall–Kier alpha value is -1.57. The molecular weight excluding hydrogens is 368 g/mol. The van der Waals surface area contributed by atoms with Crippen molar-refractivity contribution in [2.75, 3.05) is 32.1 Å². The Bertz CT molecular complexity index is 718. The monoisotopic (exact) mass is 392 g/mol. The van der Waals surface area contributed by atoms with E-state index in [9.17, 15) is 4.79 Å². The quantitative estimate of drug-likeness (QED) is 0.719. The first-order valence-corrected chi connectivity index (χ1v) is 10.8. The summed E-state index contributed by atoms with van der Waals surface area (Å²) in [6, 6.07) is 8.00. The summed E-state index contributed by atoms with van der Waals surface area (Å²) in [4.78, 5) is 18.9. The molecule has 1 aliphatic heterocycles. The van der Waals surface area contributed by atoms with E-state index >= 15 is 0 Å². The van der Waals surface area contributed by atoms with Gasteiger partial charge in [0.1, 0.15) is 10.8 Å². The molecule has 1 unspecified atom stereocenters. The molecule has 0 bridgehead atoms. The minimum Gasteiger partial charge on any atom is -0.494 e. The number of morpholine rings is 1. The van der Waals surface area contributed by atoms with E-state index in [1.54, 1.807) is 23.1 Å². The summed E-state index contributed by atoms with van der Waals surface area (Å²) in [6.45, 7) is 6.67. The summed E-state index contributed by atoms with van der Waals surface area (Å²) < 4.78 is 11.0. The van der Waals surface area contributed by atoms with Crippen LogP contribution >= 0.6 is 23.1 Å². The lowest BCUT2D eigenvalue weighted by atomic mass is 10.2. The van der Waals surface area contributed by atoms with Gasteiger partial charge in [-0.05, 0) is 38.1 Å². The van der Waals surface area contributed by atoms with E-state index in [-0.39, 0.29) is 12.0 Å². The average Bonchev–Trinajstić information content (AvgIpc) is 3.11. The Labute approximate surface area is 162 Å². The van der Waals surface area contributed by atoms with Crippen molar-refractivity contribution >= 4 is 29.0 Å². The lowest BCUT2D eigenvalue weighted by Gasteiger charge is -2.31. The Morgan fingerprint density at radius 2 is 2.23 bits per heavy atom. The van der Waals surface area contributed by atoms with Gasteiger partial charge in [0.05, 0.1) is 30.8 Å². The van der Waals surface area contributed by atoms with Gasteiger partial charge in [-0.15, -0.1) is 23.1 Å². The maximum absolute atomic E-state index is 12.3. The first-order valence-electron chi connectivity index (χ1n) is 8.80. The predicted molar refractivity (Wildman–Crippen MR) is 107 cm³/mol. The zero-order chi connectivity index (χ0) is 18.4. The summed E-state index contributed by atoms with van der Waals surface area (Å²) >= 11 is 3.25. The van der Waals surface area contributed by atoms with E-state index in [1.807, 2.05) is 43.0 Å². The Morgan fingerprint density at radius 3 is 2.96 bits per heavy atom. The summed E-state index contributed by atoms with van der Waals surface area (Å²) in [5.74, 6) is 2.30. The zero-order valence-corrected chi connectivity index (χ0v) is 16.8. The van der Waals surface area contributed by atoms with Crippen LogP contribution in [0.3, 0.4) is 0 Å². The van der Waals surface area contributed by atoms with E-state index < -0.39 is 0 Å². The van der Waals surface area contributed by atoms with E-state index in [2.05, 4.69) is 10.4 Å². The van der Waals surface area contributed by atoms with Gasteiger partial charge in [-0.2, -0.15) is 0 Å². The molecule has 2 heterocycles. The molecule has 1 aromatic heterocycles. The highest BCUT2D eigenvalue weighted by Gasteiger charge is 2.21. The number of thioether (sulfide) groups is 1. The molecule has 1 aromatic carbocycles. The SMILES string of the molecule is CCOc1ccc(-c2nc(CSCC(=O)N3CCOC(C)C3)cs2)cc1. The maximum Gasteiger partial charge on any atom is 0.232 e. The molecule has 5 nitrogen and oxygen atoms in total. The largest absolute Gasteiger partial charge is 0.494 e. The first kappa shape index (κ1) is 19.2. The lowest BCUT2D eigenvalue weighted by molar-refractivity contribution is -0.135. The maximum atomic E-state index is 12.3. The number of hydrogen-bond donors (Lipinski definition) is 0. The second-order valence-electron chi connectivity index (χ2n) is 6.12. The predicted octanol–water partition coefficient (Wildman–Crippen LogP) is 3.69. The lowest BCUT2D eigenvalue weighted by Crippen LogP contribution is -2.45. The third-order valence-corrected chi connectivity index (χ3v) is 5.92. The van der Waals surface area contributed by atoms with Gasteiger partial charge < -0.3 is 14.4 Å². The van der Waals surface area contributed by atoms with Crippen molar-refractivity contribution < 1.29 is 14.3 Å². The average molecular weight is 393 g/mol. The molecule has 3 rings (SSSR count). The second-order valence-corrected chi connectivity index (χ2v) is 7.96. The highest BCUT2D eigenvalue weighted by atomic mass is 32.2. The zero-order valence-electron chi connectivity index (χ0n) is 15.1. The molecular formula is C19H24N2O3S2. The molecule has 140 valence electrons. The van der Waals surface area contributed by atoms with E-state index in [1.165, 1.54) is 0 Å². The van der Waals surface area contributed by atoms with Crippen molar-refractivity contribution in [2.45, 2.75) is 25.7 Å². The number of carbonyl (C=O) groups is 1. The number of hydrogen-bond acceptors (Lipinski definition) is 6. The normalized spacial score (nSPS) is 17.3. The van der Waals surface area contributed by atoms with Gasteiger partial charge in [0.25, 0.3) is 0 Å². The molecule has 0 saturated carbocycles. The number of thiazole rings is 1. The number of carbonyl (C=O) groups excluding carboxylic acids is 1. The van der Waals surface area contributed by atoms with Crippen molar-refractivity contribution in [1.29, 1.82) is 0 Å². The summed E-state index contributed by atoms with van der Waals surface area (Å²) in [5, 5.41) is 3.07. The Balaban J connectivity index is 1.48. The topological polar surface area (TPSA) is 51.7 Å². The minimum atomic E-state index is 0.132. The summed E-state index contributed by atoms with van der Waals surface area (Å²) in [6.07, 6.45) is 0.132. The third-order valence-electron chi connectivity index (χ3n) is 4.03. The fourth-order valence-electron chi connectivity index (χ4n) is 2.75. The minimum absolute atomic E-state index is 0.132. The fourth-order valence-corrected chi connectivity index (χ4v) is 4.49. The van der Waals surface area contributed by atoms with Gasteiger partial charge >= 0.3 is 0 Å². The van der Waals surface area contributed by atoms with Gasteiger partial charge in [0.15, 0.2) is 0 Å². The van der Waals surface area contributed by atoms with Crippen LogP contribution in [0.1, 0.15) is 19.5 Å². The molecule has 0 spiro atoms. The third kappa shape index (κ3) is 5.22. The molecule has 1 aliphatic rings. The standard InChI is InChI=1S/C19H24N2O3S2/c1-3-23-17-6-4-15(5-7-17)19-20-16(12-26-19)11-25-13-18(22)21-8-9-24-14(2)10-21/h4-7,12,14H,3,8-11,13H2,1-2H3. The van der Waals surface area contributed by atoms with Crippen LogP contribution in [-0.2, 0) is 15.3 Å². The smallest absolute Gasteiger partial charge is 0.232 e. The summed E-state index contributed by atoms with van der Waals surface area (Å²) in [7, 11) is 0. The van der Waals surface area contributed by atoms with E-state index in [0.717, 1.165) is 27.8 Å². The van der Waals surface area contributed by atoms with Crippen LogP contribution in [0.4, 0.5) is 0 Å². The van der Waals surface area contributed by atoms with Gasteiger partial charge in [0.2, 0.25) is 5.91 Å². The van der Waals surface area contributed by atoms with Crippen LogP contribution in [0.25, 0.3) is 10.6 Å². The van der Waals surface area contributed by atoms with Gasteiger partial charge in [0, 0.05) is 29.8 Å². The number of rotatable bonds is 7. The van der Waals surface area contributed by atoms with Crippen molar-refractivity contribution in [3.8, 4) is 16.3 Å². The number of ether oxygens (including phenoxy) is 2. The number of amides is 1. The van der Waals surface area contributed by atoms with Crippen molar-refractivity contribution in [3.63, 3.8) is 0 Å². The van der Waals surface area contributed by atoms with Crippen LogP contribution in [0.2, 0.25) is 0 Å². The molecule has 1 saturated heterocycles. The van der Waals surface area contributed by atoms with Crippen LogP contribution in [0.5, 0.6) is 5.75 Å². The van der Waals surface area contributed by atoms with Gasteiger partial charge in [-0.25, -0.2) is 4.98 Å². The van der Waals surface area contributed by atoms with Gasteiger partial charge in [-0.1, -0.05) is 0 Å². The molecule has 1 atom stereocenters. The molecule has 1 fully saturated rings. The molecule has 2 aromatic rings. The second kappa shape index (κ2) is 9.39. The summed E-state index contributed by atoms with van der Waals surface area (Å²) in [5.41, 5.74) is 2.11. The first-order chi connectivity index (χ1) is 12.7. The van der Waals surface area contributed by atoms with Crippen molar-refractivity contribution in [1.82, 2.24) is 9.88 Å². The van der Waals surface area contributed by atoms with Crippen LogP contribution < -0.4 is 4.74 Å². The molecule has 0 aliphatic carbocycles. The number of nitrogens with zero attached hydrogens (tertiary/aromatic N) is 2. The molecule has 7 heteroatoms. The van der Waals surface area contributed by atoms with Crippen LogP contribution in [0.15, 0.2) is 29.6 Å². The molecule has 26 heavy (non-hydrogen) atoms. The molecule has 0 radical (unpaired) electrons. The van der Waals surface area contributed by atoms with Crippen molar-refractivity contribution in [3.05, 3.63) is 35.3 Å². The number of aromatic nitrogens is 1. The van der Waals surface area contributed by atoms with Gasteiger partial charge in [-0.3, -0.25) is 4.79 Å². The fraction of sp³-hybridized carbons (Fsp3) is 0.474. The number of benzene rings is 1. The van der Waals surface area contributed by atoms with Crippen LogP contribution in [0, 0.1) is 0 Å².